The van der Waals surface area contributed by atoms with E-state index in [1.54, 1.807) is 0 Å². The van der Waals surface area contributed by atoms with Gasteiger partial charge in [-0.3, -0.25) is 4.79 Å². The Morgan fingerprint density at radius 1 is 0.950 bits per heavy atom. The summed E-state index contributed by atoms with van der Waals surface area (Å²) in [5, 5.41) is 0. The van der Waals surface area contributed by atoms with Gasteiger partial charge in [0.1, 0.15) is 0 Å². The average molecular weight is 284 g/mol. The standard InChI is InChI=1S/C17H32O3/c1-5-7-8-9-13-20-17(19)16(18)15(6-2)12-10-11-14(3)4/h14-15H,5-13H2,1-4H3. The maximum Gasteiger partial charge on any atom is 0.374 e. The summed E-state index contributed by atoms with van der Waals surface area (Å²) in [4.78, 5) is 23.7. The van der Waals surface area contributed by atoms with Crippen molar-refractivity contribution in [2.45, 2.75) is 79.1 Å². The van der Waals surface area contributed by atoms with E-state index in [1.165, 1.54) is 0 Å². The second-order valence-electron chi connectivity index (χ2n) is 5.99. The van der Waals surface area contributed by atoms with E-state index in [-0.39, 0.29) is 11.7 Å². The number of esters is 1. The van der Waals surface area contributed by atoms with E-state index in [9.17, 15) is 9.59 Å². The van der Waals surface area contributed by atoms with E-state index in [2.05, 4.69) is 20.8 Å². The van der Waals surface area contributed by atoms with Gasteiger partial charge in [0.2, 0.25) is 5.78 Å². The maximum absolute atomic E-state index is 12.0. The summed E-state index contributed by atoms with van der Waals surface area (Å²) in [5.74, 6) is -0.463. The lowest BCUT2D eigenvalue weighted by Gasteiger charge is -2.13. The molecule has 0 aliphatic rings. The second kappa shape index (κ2) is 11.9. The van der Waals surface area contributed by atoms with Crippen molar-refractivity contribution in [3.8, 4) is 0 Å². The van der Waals surface area contributed by atoms with E-state index in [0.29, 0.717) is 12.5 Å². The third-order valence-electron chi connectivity index (χ3n) is 3.63. The third kappa shape index (κ3) is 9.11. The van der Waals surface area contributed by atoms with Crippen molar-refractivity contribution in [2.75, 3.05) is 6.61 Å². The van der Waals surface area contributed by atoms with Gasteiger partial charge in [-0.25, -0.2) is 4.79 Å². The Labute approximate surface area is 124 Å². The zero-order valence-corrected chi connectivity index (χ0v) is 13.7. The number of unbranched alkanes of at least 4 members (excludes halogenated alkanes) is 3. The minimum Gasteiger partial charge on any atom is -0.460 e. The first-order chi connectivity index (χ1) is 9.52. The van der Waals surface area contributed by atoms with Gasteiger partial charge >= 0.3 is 5.97 Å². The molecular formula is C17H32O3. The summed E-state index contributed by atoms with van der Waals surface area (Å²) in [5.41, 5.74) is 0. The molecule has 0 N–H and O–H groups in total. The van der Waals surface area contributed by atoms with Crippen LogP contribution in [-0.4, -0.2) is 18.4 Å². The molecule has 3 nitrogen and oxygen atoms in total. The number of Topliss-reactive ketones (excluding diaryl/α,β-unsaturated/α-hetero) is 1. The lowest BCUT2D eigenvalue weighted by atomic mass is 9.93. The van der Waals surface area contributed by atoms with Gasteiger partial charge in [0.15, 0.2) is 0 Å². The number of ketones is 1. The molecule has 0 amide bonds. The fourth-order valence-corrected chi connectivity index (χ4v) is 2.22. The van der Waals surface area contributed by atoms with Crippen LogP contribution < -0.4 is 0 Å². The SMILES string of the molecule is CCCCCCOC(=O)C(=O)C(CC)CCCC(C)C. The van der Waals surface area contributed by atoms with Gasteiger partial charge in [-0.15, -0.1) is 0 Å². The van der Waals surface area contributed by atoms with Crippen LogP contribution in [0.4, 0.5) is 0 Å². The molecule has 0 saturated heterocycles. The highest BCUT2D eigenvalue weighted by molar-refractivity contribution is 6.34. The zero-order valence-electron chi connectivity index (χ0n) is 13.7. The summed E-state index contributed by atoms with van der Waals surface area (Å²) in [7, 11) is 0. The molecule has 0 heterocycles. The molecule has 0 aromatic heterocycles. The van der Waals surface area contributed by atoms with Crippen LogP contribution in [-0.2, 0) is 14.3 Å². The monoisotopic (exact) mass is 284 g/mol. The van der Waals surface area contributed by atoms with Crippen LogP contribution in [0, 0.1) is 11.8 Å². The van der Waals surface area contributed by atoms with Gasteiger partial charge in [0, 0.05) is 5.92 Å². The summed E-state index contributed by atoms with van der Waals surface area (Å²) in [6.45, 7) is 8.83. The number of carbonyl (C=O) groups is 2. The van der Waals surface area contributed by atoms with Gasteiger partial charge in [0.05, 0.1) is 6.61 Å². The normalized spacial score (nSPS) is 12.4. The summed E-state index contributed by atoms with van der Waals surface area (Å²) in [6.07, 6.45) is 7.86. The number of ether oxygens (including phenoxy) is 1. The van der Waals surface area contributed by atoms with Gasteiger partial charge in [0.25, 0.3) is 0 Å². The minimum absolute atomic E-state index is 0.156. The Balaban J connectivity index is 3.95. The third-order valence-corrected chi connectivity index (χ3v) is 3.63. The molecule has 0 aliphatic carbocycles. The lowest BCUT2D eigenvalue weighted by molar-refractivity contribution is -0.156. The first-order valence-electron chi connectivity index (χ1n) is 8.23. The van der Waals surface area contributed by atoms with E-state index < -0.39 is 5.97 Å². The highest BCUT2D eigenvalue weighted by Crippen LogP contribution is 2.17. The minimum atomic E-state index is -0.627. The van der Waals surface area contributed by atoms with Crippen molar-refractivity contribution in [3.63, 3.8) is 0 Å². The molecular weight excluding hydrogens is 252 g/mol. The number of rotatable bonds is 12. The van der Waals surface area contributed by atoms with E-state index >= 15 is 0 Å². The van der Waals surface area contributed by atoms with Gasteiger partial charge in [-0.1, -0.05) is 59.8 Å². The Bertz CT molecular complexity index is 271. The van der Waals surface area contributed by atoms with Crippen LogP contribution in [0.2, 0.25) is 0 Å². The molecule has 0 spiro atoms. The van der Waals surface area contributed by atoms with E-state index in [1.807, 2.05) is 6.92 Å². The largest absolute Gasteiger partial charge is 0.460 e. The van der Waals surface area contributed by atoms with Crippen molar-refractivity contribution >= 4 is 11.8 Å². The fourth-order valence-electron chi connectivity index (χ4n) is 2.22. The van der Waals surface area contributed by atoms with Crippen LogP contribution in [0.15, 0.2) is 0 Å². The number of carbonyl (C=O) groups excluding carboxylic acids is 2. The summed E-state index contributed by atoms with van der Waals surface area (Å²) < 4.78 is 5.07. The fraction of sp³-hybridized carbons (Fsp3) is 0.882. The molecule has 1 unspecified atom stereocenters. The van der Waals surface area contributed by atoms with Crippen LogP contribution in [0.5, 0.6) is 0 Å². The van der Waals surface area contributed by atoms with Crippen LogP contribution in [0.1, 0.15) is 79.1 Å². The summed E-state index contributed by atoms with van der Waals surface area (Å²) in [6, 6.07) is 0. The number of hydrogen-bond acceptors (Lipinski definition) is 3. The molecule has 0 fully saturated rings. The quantitative estimate of drug-likeness (QED) is 0.300. The Kier molecular flexibility index (Phi) is 11.4. The highest BCUT2D eigenvalue weighted by atomic mass is 16.5. The summed E-state index contributed by atoms with van der Waals surface area (Å²) >= 11 is 0. The molecule has 3 heteroatoms. The molecule has 0 radical (unpaired) electrons. The van der Waals surface area contributed by atoms with E-state index in [0.717, 1.165) is 51.4 Å². The van der Waals surface area contributed by atoms with Crippen molar-refractivity contribution in [1.29, 1.82) is 0 Å². The molecule has 0 bridgehead atoms. The first kappa shape index (κ1) is 19.1. The Morgan fingerprint density at radius 3 is 2.20 bits per heavy atom. The Hall–Kier alpha value is -0.860. The second-order valence-corrected chi connectivity index (χ2v) is 5.99. The van der Waals surface area contributed by atoms with Crippen molar-refractivity contribution < 1.29 is 14.3 Å². The van der Waals surface area contributed by atoms with Gasteiger partial charge in [-0.05, 0) is 25.2 Å². The zero-order chi connectivity index (χ0) is 15.4. The van der Waals surface area contributed by atoms with Gasteiger partial charge < -0.3 is 4.74 Å². The predicted molar refractivity (Wildman–Crippen MR) is 82.6 cm³/mol. The molecule has 0 aromatic carbocycles. The smallest absolute Gasteiger partial charge is 0.374 e. The topological polar surface area (TPSA) is 43.4 Å². The van der Waals surface area contributed by atoms with E-state index in [4.69, 9.17) is 4.74 Å². The number of hydrogen-bond donors (Lipinski definition) is 0. The first-order valence-corrected chi connectivity index (χ1v) is 8.23. The lowest BCUT2D eigenvalue weighted by Crippen LogP contribution is -2.26. The molecule has 0 saturated carbocycles. The molecule has 0 aliphatic heterocycles. The van der Waals surface area contributed by atoms with Crippen LogP contribution in [0.25, 0.3) is 0 Å². The Morgan fingerprint density at radius 2 is 1.65 bits per heavy atom. The van der Waals surface area contributed by atoms with Crippen LogP contribution >= 0.6 is 0 Å². The average Bonchev–Trinajstić information content (AvgIpc) is 2.42. The maximum atomic E-state index is 12.0. The molecule has 0 aromatic rings. The molecule has 0 rings (SSSR count). The predicted octanol–water partition coefficient (Wildman–Crippen LogP) is 4.53. The molecule has 1 atom stereocenters. The highest BCUT2D eigenvalue weighted by Gasteiger charge is 2.24. The van der Waals surface area contributed by atoms with Gasteiger partial charge in [-0.2, -0.15) is 0 Å². The molecule has 20 heavy (non-hydrogen) atoms. The van der Waals surface area contributed by atoms with Crippen molar-refractivity contribution in [3.05, 3.63) is 0 Å². The van der Waals surface area contributed by atoms with Crippen LogP contribution in [0.3, 0.4) is 0 Å². The van der Waals surface area contributed by atoms with Crippen molar-refractivity contribution in [2.24, 2.45) is 11.8 Å². The van der Waals surface area contributed by atoms with Crippen molar-refractivity contribution in [1.82, 2.24) is 0 Å². The molecule has 118 valence electrons.